The van der Waals surface area contributed by atoms with E-state index in [4.69, 9.17) is 0 Å². The first-order valence-electron chi connectivity index (χ1n) is 5.97. The molecule has 0 amide bonds. The molecule has 1 aliphatic rings. The summed E-state index contributed by atoms with van der Waals surface area (Å²) < 4.78 is 12.5. The molecule has 2 rings (SSSR count). The number of aromatic nitrogens is 1. The lowest BCUT2D eigenvalue weighted by Gasteiger charge is -2.30. The molecule has 1 aromatic heterocycles. The molecule has 0 atom stereocenters. The maximum atomic E-state index is 12.5. The van der Waals surface area contributed by atoms with E-state index < -0.39 is 0 Å². The number of piperidine rings is 1. The number of nitrogens with zero attached hydrogens (tertiary/aromatic N) is 2. The molecule has 0 unspecified atom stereocenters. The average molecular weight is 222 g/mol. The van der Waals surface area contributed by atoms with Crippen molar-refractivity contribution in [3.05, 3.63) is 29.6 Å². The van der Waals surface area contributed by atoms with Gasteiger partial charge in [0.15, 0.2) is 0 Å². The summed E-state index contributed by atoms with van der Waals surface area (Å²) in [5.74, 6) is 0.298. The van der Waals surface area contributed by atoms with Gasteiger partial charge in [0.05, 0.1) is 6.67 Å². The number of halogens is 1. The Kier molecular flexibility index (Phi) is 3.88. The maximum absolute atomic E-state index is 12.5. The van der Waals surface area contributed by atoms with Crippen LogP contribution in [-0.4, -0.2) is 29.6 Å². The van der Waals surface area contributed by atoms with E-state index in [-0.39, 0.29) is 6.67 Å². The van der Waals surface area contributed by atoms with Crippen molar-refractivity contribution >= 4 is 0 Å². The van der Waals surface area contributed by atoms with Crippen molar-refractivity contribution in [1.82, 2.24) is 9.88 Å². The fraction of sp³-hybridized carbons (Fsp3) is 0.615. The number of hydrogen-bond acceptors (Lipinski definition) is 2. The van der Waals surface area contributed by atoms with E-state index in [1.165, 1.54) is 11.1 Å². The second-order valence-electron chi connectivity index (χ2n) is 4.74. The molecule has 2 heterocycles. The van der Waals surface area contributed by atoms with Crippen LogP contribution in [0.4, 0.5) is 4.39 Å². The Morgan fingerprint density at radius 2 is 2.12 bits per heavy atom. The molecule has 3 heteroatoms. The summed E-state index contributed by atoms with van der Waals surface area (Å²) in [5, 5.41) is 0. The first-order chi connectivity index (χ1) is 7.78. The van der Waals surface area contributed by atoms with Gasteiger partial charge in [-0.2, -0.15) is 0 Å². The van der Waals surface area contributed by atoms with E-state index in [9.17, 15) is 4.39 Å². The number of likely N-dealkylation sites (tertiary alicyclic amines) is 1. The maximum Gasteiger partial charge on any atom is 0.0923 e. The van der Waals surface area contributed by atoms with E-state index in [0.717, 1.165) is 32.5 Å². The highest BCUT2D eigenvalue weighted by atomic mass is 19.1. The largest absolute Gasteiger partial charge is 0.299 e. The average Bonchev–Trinajstić information content (AvgIpc) is 2.30. The molecule has 0 aromatic carbocycles. The minimum absolute atomic E-state index is 0.153. The van der Waals surface area contributed by atoms with Crippen LogP contribution in [0.1, 0.15) is 24.0 Å². The molecule has 88 valence electrons. The van der Waals surface area contributed by atoms with E-state index in [1.54, 1.807) is 0 Å². The van der Waals surface area contributed by atoms with E-state index in [0.29, 0.717) is 5.92 Å². The highest BCUT2D eigenvalue weighted by Gasteiger charge is 2.18. The highest BCUT2D eigenvalue weighted by molar-refractivity contribution is 5.16. The summed E-state index contributed by atoms with van der Waals surface area (Å²) in [6.07, 6.45) is 5.79. The van der Waals surface area contributed by atoms with Gasteiger partial charge in [-0.25, -0.2) is 0 Å². The number of pyridine rings is 1. The fourth-order valence-corrected chi connectivity index (χ4v) is 2.26. The van der Waals surface area contributed by atoms with Gasteiger partial charge in [0.25, 0.3) is 0 Å². The summed E-state index contributed by atoms with van der Waals surface area (Å²) >= 11 is 0. The van der Waals surface area contributed by atoms with Crippen LogP contribution in [-0.2, 0) is 6.54 Å². The van der Waals surface area contributed by atoms with Crippen LogP contribution in [0.25, 0.3) is 0 Å². The summed E-state index contributed by atoms with van der Waals surface area (Å²) in [6, 6.07) is 2.17. The highest BCUT2D eigenvalue weighted by Crippen LogP contribution is 2.19. The Morgan fingerprint density at radius 3 is 2.75 bits per heavy atom. The van der Waals surface area contributed by atoms with Crippen molar-refractivity contribution in [3.8, 4) is 0 Å². The molecule has 1 aliphatic heterocycles. The van der Waals surface area contributed by atoms with Gasteiger partial charge in [-0.3, -0.25) is 14.3 Å². The minimum Gasteiger partial charge on any atom is -0.299 e. The van der Waals surface area contributed by atoms with Gasteiger partial charge in [-0.05, 0) is 49.9 Å². The third-order valence-corrected chi connectivity index (χ3v) is 3.26. The zero-order valence-electron chi connectivity index (χ0n) is 9.82. The normalized spacial score (nSPS) is 18.9. The Morgan fingerprint density at radius 1 is 1.38 bits per heavy atom. The molecular formula is C13H19FN2. The summed E-state index contributed by atoms with van der Waals surface area (Å²) in [5.41, 5.74) is 2.47. The molecule has 0 N–H and O–H groups in total. The molecule has 0 radical (unpaired) electrons. The van der Waals surface area contributed by atoms with Gasteiger partial charge in [0, 0.05) is 18.9 Å². The number of rotatable bonds is 3. The van der Waals surface area contributed by atoms with Gasteiger partial charge >= 0.3 is 0 Å². The quantitative estimate of drug-likeness (QED) is 0.781. The van der Waals surface area contributed by atoms with Gasteiger partial charge in [-0.15, -0.1) is 0 Å². The van der Waals surface area contributed by atoms with Crippen LogP contribution < -0.4 is 0 Å². The number of aryl methyl sites for hydroxylation is 1. The zero-order chi connectivity index (χ0) is 11.4. The van der Waals surface area contributed by atoms with E-state index in [2.05, 4.69) is 22.9 Å². The monoisotopic (exact) mass is 222 g/mol. The lowest BCUT2D eigenvalue weighted by atomic mass is 9.98. The van der Waals surface area contributed by atoms with Crippen LogP contribution >= 0.6 is 0 Å². The zero-order valence-corrected chi connectivity index (χ0v) is 9.82. The smallest absolute Gasteiger partial charge is 0.0923 e. The molecule has 2 nitrogen and oxygen atoms in total. The van der Waals surface area contributed by atoms with Crippen LogP contribution in [0.5, 0.6) is 0 Å². The predicted molar refractivity (Wildman–Crippen MR) is 63.0 cm³/mol. The third kappa shape index (κ3) is 3.01. The van der Waals surface area contributed by atoms with Crippen molar-refractivity contribution < 1.29 is 4.39 Å². The molecule has 0 spiro atoms. The summed E-state index contributed by atoms with van der Waals surface area (Å²) in [4.78, 5) is 6.59. The number of hydrogen-bond donors (Lipinski definition) is 0. The first-order valence-corrected chi connectivity index (χ1v) is 5.97. The van der Waals surface area contributed by atoms with Crippen LogP contribution in [0.2, 0.25) is 0 Å². The van der Waals surface area contributed by atoms with Crippen molar-refractivity contribution in [2.45, 2.75) is 26.3 Å². The first kappa shape index (κ1) is 11.5. The molecule has 1 aromatic rings. The molecular weight excluding hydrogens is 203 g/mol. The summed E-state index contributed by atoms with van der Waals surface area (Å²) in [6.45, 7) is 4.89. The Bertz CT molecular complexity index is 332. The van der Waals surface area contributed by atoms with Crippen LogP contribution in [0, 0.1) is 12.8 Å². The minimum atomic E-state index is -0.153. The van der Waals surface area contributed by atoms with E-state index >= 15 is 0 Å². The van der Waals surface area contributed by atoms with Crippen molar-refractivity contribution in [3.63, 3.8) is 0 Å². The second-order valence-corrected chi connectivity index (χ2v) is 4.74. The lowest BCUT2D eigenvalue weighted by Crippen LogP contribution is -2.33. The lowest BCUT2D eigenvalue weighted by molar-refractivity contribution is 0.159. The molecule has 16 heavy (non-hydrogen) atoms. The second kappa shape index (κ2) is 5.39. The van der Waals surface area contributed by atoms with Crippen LogP contribution in [0.3, 0.4) is 0 Å². The predicted octanol–water partition coefficient (Wildman–Crippen LogP) is 2.57. The van der Waals surface area contributed by atoms with Gasteiger partial charge in [0.1, 0.15) is 0 Å². The molecule has 1 fully saturated rings. The number of alkyl halides is 1. The van der Waals surface area contributed by atoms with Crippen molar-refractivity contribution in [2.24, 2.45) is 5.92 Å². The Balaban J connectivity index is 1.87. The fourth-order valence-electron chi connectivity index (χ4n) is 2.26. The molecule has 0 aliphatic carbocycles. The van der Waals surface area contributed by atoms with E-state index in [1.807, 2.05) is 12.4 Å². The van der Waals surface area contributed by atoms with Crippen LogP contribution in [0.15, 0.2) is 18.5 Å². The topological polar surface area (TPSA) is 16.1 Å². The summed E-state index contributed by atoms with van der Waals surface area (Å²) in [7, 11) is 0. The SMILES string of the molecule is Cc1cncc(CN2CCC(CF)CC2)c1. The third-order valence-electron chi connectivity index (χ3n) is 3.26. The molecule has 0 saturated carbocycles. The Labute approximate surface area is 96.5 Å². The van der Waals surface area contributed by atoms with Gasteiger partial charge in [0.2, 0.25) is 0 Å². The molecule has 0 bridgehead atoms. The standard InChI is InChI=1S/C13H19FN2/c1-11-6-13(9-15-8-11)10-16-4-2-12(7-14)3-5-16/h6,8-9,12H,2-5,7,10H2,1H3. The van der Waals surface area contributed by atoms with Gasteiger partial charge < -0.3 is 0 Å². The van der Waals surface area contributed by atoms with Gasteiger partial charge in [-0.1, -0.05) is 6.07 Å². The Hall–Kier alpha value is -0.960. The van der Waals surface area contributed by atoms with Crippen molar-refractivity contribution in [2.75, 3.05) is 19.8 Å². The molecule has 1 saturated heterocycles. The van der Waals surface area contributed by atoms with Crippen molar-refractivity contribution in [1.29, 1.82) is 0 Å².